The summed E-state index contributed by atoms with van der Waals surface area (Å²) >= 11 is 0. The van der Waals surface area contributed by atoms with E-state index in [0.29, 0.717) is 17.0 Å². The van der Waals surface area contributed by atoms with Crippen LogP contribution in [0.3, 0.4) is 0 Å². The number of hydrogen-bond acceptors (Lipinski definition) is 4. The molecule has 3 aromatic rings. The smallest absolute Gasteiger partial charge is 0.154 e. The van der Waals surface area contributed by atoms with Gasteiger partial charge in [-0.2, -0.15) is 0 Å². The molecule has 0 saturated carbocycles. The fraction of sp³-hybridized carbons (Fsp3) is 0.250. The third kappa shape index (κ3) is 2.72. The monoisotopic (exact) mass is 285 g/mol. The van der Waals surface area contributed by atoms with Crippen LogP contribution in [0.25, 0.3) is 22.4 Å². The minimum Gasteiger partial charge on any atom is -0.454 e. The topological polar surface area (TPSA) is 51.0 Å². The Morgan fingerprint density at radius 3 is 2.81 bits per heavy atom. The van der Waals surface area contributed by atoms with Crippen molar-refractivity contribution in [1.29, 1.82) is 0 Å². The molecule has 0 aliphatic carbocycles. The van der Waals surface area contributed by atoms with Crippen molar-refractivity contribution in [3.05, 3.63) is 42.0 Å². The van der Waals surface area contributed by atoms with Crippen LogP contribution in [0.5, 0.6) is 0 Å². The van der Waals surface area contributed by atoms with Crippen molar-refractivity contribution < 1.29 is 8.81 Å². The van der Waals surface area contributed by atoms with E-state index in [2.05, 4.69) is 22.2 Å². The summed E-state index contributed by atoms with van der Waals surface area (Å²) in [5.74, 6) is 1.85. The number of hydrogen-bond donors (Lipinski definition) is 1. The van der Waals surface area contributed by atoms with Crippen LogP contribution in [-0.2, 0) is 6.42 Å². The molecule has 2 aromatic heterocycles. The Balaban J connectivity index is 2.10. The number of nitrogens with one attached hydrogen (secondary N) is 1. The summed E-state index contributed by atoms with van der Waals surface area (Å²) in [4.78, 5) is 8.93. The van der Waals surface area contributed by atoms with E-state index in [9.17, 15) is 4.39 Å². The van der Waals surface area contributed by atoms with Crippen molar-refractivity contribution in [1.82, 2.24) is 9.97 Å². The van der Waals surface area contributed by atoms with E-state index in [-0.39, 0.29) is 5.82 Å². The molecule has 5 heteroatoms. The number of halogens is 1. The van der Waals surface area contributed by atoms with Crippen molar-refractivity contribution >= 4 is 16.8 Å². The minimum atomic E-state index is -0.278. The molecule has 0 unspecified atom stereocenters. The zero-order valence-electron chi connectivity index (χ0n) is 12.0. The third-order valence-electron chi connectivity index (χ3n) is 3.23. The van der Waals surface area contributed by atoms with Crippen LogP contribution in [0, 0.1) is 5.82 Å². The average molecular weight is 285 g/mol. The molecule has 3 rings (SSSR count). The van der Waals surface area contributed by atoms with E-state index in [1.165, 1.54) is 12.1 Å². The largest absolute Gasteiger partial charge is 0.454 e. The Bertz CT molecular complexity index is 782. The second-order valence-corrected chi connectivity index (χ2v) is 4.85. The Labute approximate surface area is 122 Å². The van der Waals surface area contributed by atoms with Crippen LogP contribution in [0.15, 0.2) is 34.7 Å². The first-order valence-corrected chi connectivity index (χ1v) is 6.95. The van der Waals surface area contributed by atoms with E-state index >= 15 is 0 Å². The molecule has 0 radical (unpaired) electrons. The maximum absolute atomic E-state index is 13.3. The molecule has 0 atom stereocenters. The highest BCUT2D eigenvalue weighted by molar-refractivity contribution is 5.82. The van der Waals surface area contributed by atoms with Crippen LogP contribution in [-0.4, -0.2) is 17.0 Å². The maximum atomic E-state index is 13.3. The summed E-state index contributed by atoms with van der Waals surface area (Å²) in [6.07, 6.45) is 1.77. The minimum absolute atomic E-state index is 0.278. The van der Waals surface area contributed by atoms with E-state index < -0.39 is 0 Å². The molecule has 0 aliphatic heterocycles. The zero-order chi connectivity index (χ0) is 14.8. The van der Waals surface area contributed by atoms with Gasteiger partial charge < -0.3 is 9.73 Å². The molecule has 0 fully saturated rings. The molecule has 4 nitrogen and oxygen atoms in total. The van der Waals surface area contributed by atoms with Gasteiger partial charge in [0.2, 0.25) is 0 Å². The summed E-state index contributed by atoms with van der Waals surface area (Å²) < 4.78 is 19.0. The Hall–Kier alpha value is -2.43. The van der Waals surface area contributed by atoms with Crippen LogP contribution in [0.1, 0.15) is 19.2 Å². The fourth-order valence-corrected chi connectivity index (χ4v) is 2.23. The molecule has 1 aromatic carbocycles. The van der Waals surface area contributed by atoms with Crippen molar-refractivity contribution in [2.75, 3.05) is 12.4 Å². The molecule has 1 N–H and O–H groups in total. The lowest BCUT2D eigenvalue weighted by molar-refractivity contribution is 0.617. The summed E-state index contributed by atoms with van der Waals surface area (Å²) in [7, 11) is 1.82. The van der Waals surface area contributed by atoms with Crippen LogP contribution >= 0.6 is 0 Å². The number of benzene rings is 1. The van der Waals surface area contributed by atoms with Gasteiger partial charge in [0, 0.05) is 24.9 Å². The van der Waals surface area contributed by atoms with Crippen LogP contribution in [0.4, 0.5) is 10.2 Å². The molecule has 21 heavy (non-hydrogen) atoms. The van der Waals surface area contributed by atoms with Gasteiger partial charge >= 0.3 is 0 Å². The van der Waals surface area contributed by atoms with E-state index in [1.54, 1.807) is 12.1 Å². The van der Waals surface area contributed by atoms with Gasteiger partial charge in [-0.3, -0.25) is 0 Å². The standard InChI is InChI=1S/C16H16FN3O/c1-3-4-15-19-12(9-16(18-2)20-15)14-8-10-7-11(17)5-6-13(10)21-14/h5-9H,3-4H2,1-2H3,(H,18,19,20). The van der Waals surface area contributed by atoms with E-state index in [1.807, 2.05) is 13.1 Å². The van der Waals surface area contributed by atoms with Crippen LogP contribution in [0.2, 0.25) is 0 Å². The first-order chi connectivity index (χ1) is 10.2. The predicted octanol–water partition coefficient (Wildman–Crippen LogP) is 4.02. The summed E-state index contributed by atoms with van der Waals surface area (Å²) in [5, 5.41) is 3.75. The lowest BCUT2D eigenvalue weighted by Crippen LogP contribution is -2.01. The van der Waals surface area contributed by atoms with Crippen LogP contribution < -0.4 is 5.32 Å². The number of rotatable bonds is 4. The van der Waals surface area contributed by atoms with Gasteiger partial charge in [0.15, 0.2) is 5.76 Å². The average Bonchev–Trinajstić information content (AvgIpc) is 2.90. The lowest BCUT2D eigenvalue weighted by atomic mass is 10.2. The number of aryl methyl sites for hydroxylation is 1. The van der Waals surface area contributed by atoms with Crippen molar-refractivity contribution in [2.24, 2.45) is 0 Å². The summed E-state index contributed by atoms with van der Waals surface area (Å²) in [6, 6.07) is 8.09. The quantitative estimate of drug-likeness (QED) is 0.786. The Kier molecular flexibility index (Phi) is 3.56. The lowest BCUT2D eigenvalue weighted by Gasteiger charge is -2.05. The molecule has 108 valence electrons. The molecule has 0 amide bonds. The van der Waals surface area contributed by atoms with Gasteiger partial charge in [0.05, 0.1) is 0 Å². The van der Waals surface area contributed by atoms with Gasteiger partial charge in [-0.15, -0.1) is 0 Å². The molecule has 0 spiro atoms. The molecule has 0 aliphatic rings. The highest BCUT2D eigenvalue weighted by Gasteiger charge is 2.11. The number of furan rings is 1. The Morgan fingerprint density at radius 1 is 1.19 bits per heavy atom. The molecule has 0 saturated heterocycles. The first-order valence-electron chi connectivity index (χ1n) is 6.95. The van der Waals surface area contributed by atoms with Gasteiger partial charge in [-0.25, -0.2) is 14.4 Å². The van der Waals surface area contributed by atoms with Crippen molar-refractivity contribution in [2.45, 2.75) is 19.8 Å². The molecular formula is C16H16FN3O. The van der Waals surface area contributed by atoms with Crippen molar-refractivity contribution in [3.63, 3.8) is 0 Å². The van der Waals surface area contributed by atoms with E-state index in [0.717, 1.165) is 29.9 Å². The first kappa shape index (κ1) is 13.5. The molecule has 0 bridgehead atoms. The Morgan fingerprint density at radius 2 is 2.05 bits per heavy atom. The number of fused-ring (bicyclic) bond motifs is 1. The van der Waals surface area contributed by atoms with Gasteiger partial charge in [0.1, 0.15) is 28.7 Å². The second-order valence-electron chi connectivity index (χ2n) is 4.85. The fourth-order valence-electron chi connectivity index (χ4n) is 2.23. The summed E-state index contributed by atoms with van der Waals surface area (Å²) in [6.45, 7) is 2.08. The highest BCUT2D eigenvalue weighted by Crippen LogP contribution is 2.28. The highest BCUT2D eigenvalue weighted by atomic mass is 19.1. The SMILES string of the molecule is CCCc1nc(NC)cc(-c2cc3cc(F)ccc3o2)n1. The normalized spacial score (nSPS) is 11.0. The van der Waals surface area contributed by atoms with E-state index in [4.69, 9.17) is 4.42 Å². The summed E-state index contributed by atoms with van der Waals surface area (Å²) in [5.41, 5.74) is 1.35. The predicted molar refractivity (Wildman–Crippen MR) is 80.7 cm³/mol. The number of anilines is 1. The number of aromatic nitrogens is 2. The van der Waals surface area contributed by atoms with Crippen molar-refractivity contribution in [3.8, 4) is 11.5 Å². The third-order valence-corrected chi connectivity index (χ3v) is 3.23. The number of nitrogens with zero attached hydrogens (tertiary/aromatic N) is 2. The molecule has 2 heterocycles. The maximum Gasteiger partial charge on any atom is 0.154 e. The second kappa shape index (κ2) is 5.52. The zero-order valence-corrected chi connectivity index (χ0v) is 12.0. The van der Waals surface area contributed by atoms with Gasteiger partial charge in [0.25, 0.3) is 0 Å². The van der Waals surface area contributed by atoms with Gasteiger partial charge in [-0.05, 0) is 30.7 Å². The molecular weight excluding hydrogens is 269 g/mol. The van der Waals surface area contributed by atoms with Gasteiger partial charge in [-0.1, -0.05) is 6.92 Å².